The fourth-order valence-corrected chi connectivity index (χ4v) is 4.39. The molecule has 2 amide bonds. The highest BCUT2D eigenvalue weighted by Gasteiger charge is 2.36. The van der Waals surface area contributed by atoms with Gasteiger partial charge in [0.1, 0.15) is 12.1 Å². The van der Waals surface area contributed by atoms with Crippen molar-refractivity contribution in [1.82, 2.24) is 14.9 Å². The predicted octanol–water partition coefficient (Wildman–Crippen LogP) is -0.583. The zero-order valence-corrected chi connectivity index (χ0v) is 18.7. The zero-order valence-electron chi connectivity index (χ0n) is 17.8. The molecule has 0 saturated carbocycles. The summed E-state index contributed by atoms with van der Waals surface area (Å²) in [6.07, 6.45) is 0.0111. The number of amides is 2. The predicted molar refractivity (Wildman–Crippen MR) is 113 cm³/mol. The summed E-state index contributed by atoms with van der Waals surface area (Å²) in [6.45, 7) is 3.66. The molecule has 0 radical (unpaired) electrons. The Kier molecular flexibility index (Phi) is 9.68. The summed E-state index contributed by atoms with van der Waals surface area (Å²) in [7, 11) is -4.54. The van der Waals surface area contributed by atoms with Gasteiger partial charge in [0.05, 0.1) is 11.0 Å². The molecule has 0 aromatic heterocycles. The topological polar surface area (TPSA) is 202 Å². The van der Waals surface area contributed by atoms with E-state index in [0.29, 0.717) is 4.31 Å². The Balaban J connectivity index is 2.93. The highest BCUT2D eigenvalue weighted by Crippen LogP contribution is 2.27. The Morgan fingerprint density at radius 3 is 2.31 bits per heavy atom. The summed E-state index contributed by atoms with van der Waals surface area (Å²) in [5.41, 5.74) is 4.74. The van der Waals surface area contributed by atoms with Crippen molar-refractivity contribution in [2.24, 2.45) is 5.73 Å². The van der Waals surface area contributed by atoms with Crippen molar-refractivity contribution >= 4 is 33.5 Å². The van der Waals surface area contributed by atoms with Crippen molar-refractivity contribution < 1.29 is 32.8 Å². The average molecular weight is 474 g/mol. The molecule has 1 aromatic rings. The van der Waals surface area contributed by atoms with E-state index in [1.807, 2.05) is 0 Å². The van der Waals surface area contributed by atoms with Gasteiger partial charge < -0.3 is 21.5 Å². The van der Waals surface area contributed by atoms with E-state index in [1.165, 1.54) is 26.0 Å². The van der Waals surface area contributed by atoms with Gasteiger partial charge in [-0.05, 0) is 33.3 Å². The second-order valence-electron chi connectivity index (χ2n) is 7.02. The Hall–Kier alpha value is -3.10. The van der Waals surface area contributed by atoms with E-state index >= 15 is 0 Å². The van der Waals surface area contributed by atoms with Crippen LogP contribution in [0.5, 0.6) is 0 Å². The molecule has 3 atom stereocenters. The van der Waals surface area contributed by atoms with Gasteiger partial charge in [0, 0.05) is 19.2 Å². The second kappa shape index (κ2) is 11.5. The Morgan fingerprint density at radius 1 is 1.19 bits per heavy atom. The van der Waals surface area contributed by atoms with Gasteiger partial charge in [-0.2, -0.15) is 4.31 Å². The van der Waals surface area contributed by atoms with Crippen molar-refractivity contribution in [3.05, 3.63) is 34.4 Å². The van der Waals surface area contributed by atoms with E-state index in [-0.39, 0.29) is 19.5 Å². The lowest BCUT2D eigenvalue weighted by Crippen LogP contribution is -2.50. The summed E-state index contributed by atoms with van der Waals surface area (Å²) in [4.78, 5) is 44.8. The van der Waals surface area contributed by atoms with Crippen LogP contribution in [0.1, 0.15) is 27.2 Å². The first-order chi connectivity index (χ1) is 14.8. The summed E-state index contributed by atoms with van der Waals surface area (Å²) < 4.78 is 26.7. The molecule has 0 aliphatic carbocycles. The van der Waals surface area contributed by atoms with E-state index in [1.54, 1.807) is 0 Å². The monoisotopic (exact) mass is 473 g/mol. The lowest BCUT2D eigenvalue weighted by atomic mass is 10.2. The molecular weight excluding hydrogens is 446 g/mol. The minimum Gasteiger partial charge on any atom is -0.480 e. The Bertz CT molecular complexity index is 966. The van der Waals surface area contributed by atoms with Crippen LogP contribution in [0.25, 0.3) is 0 Å². The smallest absolute Gasteiger partial charge is 0.321 e. The molecule has 0 aliphatic rings. The van der Waals surface area contributed by atoms with Crippen LogP contribution in [0.15, 0.2) is 29.2 Å². The fourth-order valence-electron chi connectivity index (χ4n) is 2.61. The normalized spacial score (nSPS) is 14.3. The number of nitrogens with two attached hydrogens (primary N) is 1. The van der Waals surface area contributed by atoms with E-state index in [2.05, 4.69) is 10.6 Å². The Morgan fingerprint density at radius 2 is 1.78 bits per heavy atom. The molecule has 0 spiro atoms. The third-order valence-electron chi connectivity index (χ3n) is 4.46. The summed E-state index contributed by atoms with van der Waals surface area (Å²) in [5.74, 6) is -2.51. The number of rotatable bonds is 12. The molecule has 32 heavy (non-hydrogen) atoms. The number of nitro benzene ring substituents is 1. The second-order valence-corrected chi connectivity index (χ2v) is 8.88. The number of nitrogens with one attached hydrogen (secondary N) is 2. The van der Waals surface area contributed by atoms with Crippen molar-refractivity contribution in [2.75, 3.05) is 13.1 Å². The van der Waals surface area contributed by atoms with Crippen molar-refractivity contribution in [3.63, 3.8) is 0 Å². The number of para-hydroxylation sites is 1. The van der Waals surface area contributed by atoms with Gasteiger partial charge in [-0.25, -0.2) is 8.42 Å². The molecule has 5 N–H and O–H groups in total. The highest BCUT2D eigenvalue weighted by atomic mass is 32.2. The van der Waals surface area contributed by atoms with Gasteiger partial charge >= 0.3 is 5.97 Å². The van der Waals surface area contributed by atoms with Crippen LogP contribution in [0.3, 0.4) is 0 Å². The molecule has 14 heteroatoms. The van der Waals surface area contributed by atoms with Gasteiger partial charge in [-0.15, -0.1) is 0 Å². The SMILES string of the molecule is C[C@H](N)C(=O)N[C@H](C)C(=O)NCCCN([C@@H](C)C(=O)O)S(=O)(=O)c1ccccc1[N+](=O)[O-]. The van der Waals surface area contributed by atoms with Crippen molar-refractivity contribution in [3.8, 4) is 0 Å². The maximum atomic E-state index is 13.0. The minimum absolute atomic E-state index is 0.0111. The van der Waals surface area contributed by atoms with Gasteiger partial charge in [-0.1, -0.05) is 12.1 Å². The minimum atomic E-state index is -4.54. The van der Waals surface area contributed by atoms with Gasteiger partial charge in [0.25, 0.3) is 15.7 Å². The summed E-state index contributed by atoms with van der Waals surface area (Å²) >= 11 is 0. The number of carboxylic acids is 1. The number of benzene rings is 1. The number of aliphatic carboxylic acids is 1. The maximum Gasteiger partial charge on any atom is 0.321 e. The highest BCUT2D eigenvalue weighted by molar-refractivity contribution is 7.89. The van der Waals surface area contributed by atoms with Crippen molar-refractivity contribution in [2.45, 2.75) is 50.2 Å². The molecule has 0 heterocycles. The average Bonchev–Trinajstić information content (AvgIpc) is 2.72. The van der Waals surface area contributed by atoms with Crippen LogP contribution in [0.4, 0.5) is 5.69 Å². The first-order valence-electron chi connectivity index (χ1n) is 9.62. The van der Waals surface area contributed by atoms with Crippen LogP contribution < -0.4 is 16.4 Å². The van der Waals surface area contributed by atoms with Crippen LogP contribution in [0, 0.1) is 10.1 Å². The Labute approximate surface area is 185 Å². The third-order valence-corrected chi connectivity index (χ3v) is 6.48. The van der Waals surface area contributed by atoms with Crippen molar-refractivity contribution in [1.29, 1.82) is 0 Å². The number of carbonyl (C=O) groups is 3. The van der Waals surface area contributed by atoms with Gasteiger partial charge in [0.2, 0.25) is 11.8 Å². The molecule has 1 rings (SSSR count). The standard InChI is InChI=1S/C18H27N5O8S/c1-11(19)16(24)21-12(2)17(25)20-9-6-10-22(13(3)18(26)27)32(30,31)15-8-5-4-7-14(15)23(28)29/h4-5,7-8,11-13H,6,9-10,19H2,1-3H3,(H,20,25)(H,21,24)(H,26,27)/t11-,12+,13-/m0/s1. The number of carboxylic acid groups (broad SMARTS) is 1. The first kappa shape index (κ1) is 26.9. The number of nitro groups is 1. The number of nitrogens with zero attached hydrogens (tertiary/aromatic N) is 2. The van der Waals surface area contributed by atoms with E-state index in [0.717, 1.165) is 19.1 Å². The van der Waals surface area contributed by atoms with E-state index in [4.69, 9.17) is 5.73 Å². The van der Waals surface area contributed by atoms with Crippen LogP contribution in [-0.2, 0) is 24.4 Å². The molecular formula is C18H27N5O8S. The lowest BCUT2D eigenvalue weighted by molar-refractivity contribution is -0.387. The van der Waals surface area contributed by atoms with Crippen LogP contribution in [0.2, 0.25) is 0 Å². The van der Waals surface area contributed by atoms with Gasteiger partial charge in [0.15, 0.2) is 4.90 Å². The largest absolute Gasteiger partial charge is 0.480 e. The molecule has 1 aromatic carbocycles. The molecule has 178 valence electrons. The summed E-state index contributed by atoms with van der Waals surface area (Å²) in [6, 6.07) is 1.42. The quantitative estimate of drug-likeness (QED) is 0.174. The lowest BCUT2D eigenvalue weighted by Gasteiger charge is -2.25. The molecule has 0 fully saturated rings. The number of carbonyl (C=O) groups excluding carboxylic acids is 2. The molecule has 0 unspecified atom stereocenters. The van der Waals surface area contributed by atoms with E-state index < -0.39 is 61.4 Å². The fraction of sp³-hybridized carbons (Fsp3) is 0.500. The first-order valence-corrected chi connectivity index (χ1v) is 11.1. The third kappa shape index (κ3) is 6.96. The summed E-state index contributed by atoms with van der Waals surface area (Å²) in [5, 5.41) is 25.5. The number of hydrogen-bond donors (Lipinski definition) is 4. The van der Waals surface area contributed by atoms with Crippen LogP contribution in [-0.4, -0.2) is 71.8 Å². The van der Waals surface area contributed by atoms with Gasteiger partial charge in [-0.3, -0.25) is 24.5 Å². The molecule has 0 aliphatic heterocycles. The maximum absolute atomic E-state index is 13.0. The van der Waals surface area contributed by atoms with Crippen LogP contribution >= 0.6 is 0 Å². The van der Waals surface area contributed by atoms with E-state index in [9.17, 15) is 38.0 Å². The molecule has 0 saturated heterocycles. The zero-order chi connectivity index (χ0) is 24.6. The molecule has 13 nitrogen and oxygen atoms in total. The molecule has 0 bridgehead atoms. The number of sulfonamides is 1. The number of hydrogen-bond acceptors (Lipinski definition) is 8.